The van der Waals surface area contributed by atoms with Gasteiger partial charge in [0.1, 0.15) is 6.10 Å². The number of nitrogens with one attached hydrogen (secondary N) is 2. The first-order valence-electron chi connectivity index (χ1n) is 16.1. The van der Waals surface area contributed by atoms with Crippen molar-refractivity contribution in [1.82, 2.24) is 9.97 Å². The molecule has 2 heterocycles. The fourth-order valence-electron chi connectivity index (χ4n) is 6.67. The van der Waals surface area contributed by atoms with Gasteiger partial charge >= 0.3 is 5.97 Å². The molecule has 43 heavy (non-hydrogen) atoms. The molecule has 1 aliphatic heterocycles. The second-order valence-electron chi connectivity index (χ2n) is 12.1. The lowest BCUT2D eigenvalue weighted by atomic mass is 9.87. The summed E-state index contributed by atoms with van der Waals surface area (Å²) >= 11 is 0. The zero-order valence-corrected chi connectivity index (χ0v) is 25.4. The van der Waals surface area contributed by atoms with Crippen molar-refractivity contribution in [2.24, 2.45) is 11.8 Å². The summed E-state index contributed by atoms with van der Waals surface area (Å²) in [6.07, 6.45) is 16.7. The Hall–Kier alpha value is -3.69. The average Bonchev–Trinajstić information content (AvgIpc) is 3.07. The zero-order valence-electron chi connectivity index (χ0n) is 25.4. The second kappa shape index (κ2) is 15.2. The molecule has 232 valence electrons. The average molecular weight is 591 g/mol. The molecular formula is C33H46N6O4. The van der Waals surface area contributed by atoms with Crippen LogP contribution in [-0.2, 0) is 14.3 Å². The first kappa shape index (κ1) is 30.8. The van der Waals surface area contributed by atoms with Crippen LogP contribution in [0.3, 0.4) is 0 Å². The highest BCUT2D eigenvalue weighted by molar-refractivity contribution is 5.94. The number of amides is 1. The molecule has 2 aliphatic carbocycles. The van der Waals surface area contributed by atoms with Crippen LogP contribution in [0.2, 0.25) is 0 Å². The number of nitrogens with zero attached hydrogens (tertiary/aromatic N) is 4. The summed E-state index contributed by atoms with van der Waals surface area (Å²) in [5.74, 6) is 0.740. The minimum atomic E-state index is -0.394. The SMILES string of the molecule is CNc1ccc(N2CCC(CN(C(=O)C3CCCCC3)c3cncc(OCC(=O)OC4CCCCC4)n3)CC2)cc1C=N. The van der Waals surface area contributed by atoms with Crippen LogP contribution in [0, 0.1) is 17.2 Å². The smallest absolute Gasteiger partial charge is 0.344 e. The molecule has 10 heteroatoms. The molecule has 0 radical (unpaired) electrons. The predicted octanol–water partition coefficient (Wildman–Crippen LogP) is 5.60. The molecule has 2 aromatic rings. The van der Waals surface area contributed by atoms with E-state index in [2.05, 4.69) is 32.3 Å². The third-order valence-electron chi connectivity index (χ3n) is 9.17. The number of aromatic nitrogens is 2. The fraction of sp³-hybridized carbons (Fsp3) is 0.606. The summed E-state index contributed by atoms with van der Waals surface area (Å²) in [7, 11) is 1.87. The number of anilines is 3. The maximum atomic E-state index is 13.9. The highest BCUT2D eigenvalue weighted by Gasteiger charge is 2.31. The minimum absolute atomic E-state index is 0.00378. The predicted molar refractivity (Wildman–Crippen MR) is 168 cm³/mol. The first-order valence-corrected chi connectivity index (χ1v) is 16.1. The van der Waals surface area contributed by atoms with Crippen molar-refractivity contribution in [2.45, 2.75) is 83.2 Å². The van der Waals surface area contributed by atoms with Crippen LogP contribution in [-0.4, -0.2) is 67.5 Å². The highest BCUT2D eigenvalue weighted by atomic mass is 16.6. The zero-order chi connectivity index (χ0) is 30.0. The summed E-state index contributed by atoms with van der Waals surface area (Å²) in [5.41, 5.74) is 2.93. The number of hydrogen-bond acceptors (Lipinski definition) is 9. The van der Waals surface area contributed by atoms with Crippen LogP contribution in [0.4, 0.5) is 17.2 Å². The van der Waals surface area contributed by atoms with Crippen LogP contribution >= 0.6 is 0 Å². The number of piperidine rings is 1. The largest absolute Gasteiger partial charge is 0.465 e. The summed E-state index contributed by atoms with van der Waals surface area (Å²) in [5, 5.41) is 10.9. The van der Waals surface area contributed by atoms with Gasteiger partial charge in [0.25, 0.3) is 0 Å². The molecule has 5 rings (SSSR count). The van der Waals surface area contributed by atoms with Crippen molar-refractivity contribution >= 4 is 35.3 Å². The van der Waals surface area contributed by atoms with Crippen LogP contribution < -0.4 is 19.9 Å². The van der Waals surface area contributed by atoms with E-state index >= 15 is 0 Å². The molecule has 1 aromatic heterocycles. The highest BCUT2D eigenvalue weighted by Crippen LogP contribution is 2.31. The third kappa shape index (κ3) is 8.24. The van der Waals surface area contributed by atoms with E-state index in [1.54, 1.807) is 6.20 Å². The van der Waals surface area contributed by atoms with E-state index in [-0.39, 0.29) is 30.4 Å². The molecule has 0 unspecified atom stereocenters. The minimum Gasteiger partial charge on any atom is -0.465 e. The van der Waals surface area contributed by atoms with E-state index in [1.807, 2.05) is 18.0 Å². The molecule has 0 spiro atoms. The molecule has 3 fully saturated rings. The second-order valence-corrected chi connectivity index (χ2v) is 12.1. The Morgan fingerprint density at radius 1 is 1.02 bits per heavy atom. The number of hydrogen-bond donors (Lipinski definition) is 2. The Morgan fingerprint density at radius 2 is 1.74 bits per heavy atom. The Kier molecular flexibility index (Phi) is 10.8. The maximum Gasteiger partial charge on any atom is 0.344 e. The lowest BCUT2D eigenvalue weighted by molar-refractivity contribution is -0.153. The monoisotopic (exact) mass is 590 g/mol. The molecule has 3 aliphatic rings. The van der Waals surface area contributed by atoms with Gasteiger partial charge in [0.2, 0.25) is 11.8 Å². The third-order valence-corrected chi connectivity index (χ3v) is 9.17. The van der Waals surface area contributed by atoms with Crippen molar-refractivity contribution < 1.29 is 19.1 Å². The Balaban J connectivity index is 1.23. The first-order chi connectivity index (χ1) is 21.0. The van der Waals surface area contributed by atoms with E-state index in [0.29, 0.717) is 18.3 Å². The number of esters is 1. The van der Waals surface area contributed by atoms with Crippen LogP contribution in [0.15, 0.2) is 30.6 Å². The molecule has 0 atom stereocenters. The summed E-state index contributed by atoms with van der Waals surface area (Å²) in [4.78, 5) is 39.5. The van der Waals surface area contributed by atoms with Gasteiger partial charge in [-0.05, 0) is 75.5 Å². The fourth-order valence-corrected chi connectivity index (χ4v) is 6.67. The van der Waals surface area contributed by atoms with Gasteiger partial charge in [-0.15, -0.1) is 0 Å². The van der Waals surface area contributed by atoms with Crippen LogP contribution in [0.5, 0.6) is 5.88 Å². The van der Waals surface area contributed by atoms with Crippen LogP contribution in [0.25, 0.3) is 0 Å². The molecule has 2 saturated carbocycles. The molecule has 0 bridgehead atoms. The standard InChI is InChI=1S/C33H46N6O4/c1-35-29-13-12-27(18-26(29)19-34)38-16-14-24(15-17-38)22-39(33(41)25-8-4-2-5-9-25)30-20-36-21-31(37-30)42-23-32(40)43-28-10-6-3-7-11-28/h12-13,18-21,24-25,28,34-35H,2-11,14-17,22-23H2,1H3. The van der Waals surface area contributed by atoms with Crippen molar-refractivity contribution in [3.63, 3.8) is 0 Å². The maximum absolute atomic E-state index is 13.9. The van der Waals surface area contributed by atoms with E-state index in [1.165, 1.54) is 25.3 Å². The summed E-state index contributed by atoms with van der Waals surface area (Å²) in [6, 6.07) is 6.18. The number of benzene rings is 1. The van der Waals surface area contributed by atoms with E-state index in [4.69, 9.17) is 14.9 Å². The topological polar surface area (TPSA) is 121 Å². The van der Waals surface area contributed by atoms with E-state index in [9.17, 15) is 9.59 Å². The molecule has 2 N–H and O–H groups in total. The molecular weight excluding hydrogens is 544 g/mol. The number of carbonyl (C=O) groups is 2. The van der Waals surface area contributed by atoms with Gasteiger partial charge in [-0.2, -0.15) is 4.98 Å². The lowest BCUT2D eigenvalue weighted by Crippen LogP contribution is -2.44. The van der Waals surface area contributed by atoms with Gasteiger partial charge in [0, 0.05) is 55.8 Å². The van der Waals surface area contributed by atoms with Gasteiger partial charge in [0.05, 0.1) is 12.4 Å². The van der Waals surface area contributed by atoms with Gasteiger partial charge < -0.3 is 25.1 Å². The van der Waals surface area contributed by atoms with E-state index < -0.39 is 5.97 Å². The normalized spacial score (nSPS) is 18.6. The van der Waals surface area contributed by atoms with E-state index in [0.717, 1.165) is 94.2 Å². The van der Waals surface area contributed by atoms with Gasteiger partial charge in [-0.25, -0.2) is 4.79 Å². The Morgan fingerprint density at radius 3 is 2.44 bits per heavy atom. The quantitative estimate of drug-likeness (QED) is 0.256. The number of rotatable bonds is 11. The molecule has 1 amide bonds. The van der Waals surface area contributed by atoms with Crippen molar-refractivity contribution in [3.05, 3.63) is 36.2 Å². The van der Waals surface area contributed by atoms with Crippen molar-refractivity contribution in [1.29, 1.82) is 5.41 Å². The molecule has 10 nitrogen and oxygen atoms in total. The van der Waals surface area contributed by atoms with Gasteiger partial charge in [0.15, 0.2) is 12.4 Å². The number of carbonyl (C=O) groups excluding carboxylic acids is 2. The van der Waals surface area contributed by atoms with Crippen molar-refractivity contribution in [2.75, 3.05) is 48.4 Å². The van der Waals surface area contributed by atoms with Crippen LogP contribution in [0.1, 0.15) is 82.6 Å². The summed E-state index contributed by atoms with van der Waals surface area (Å²) < 4.78 is 11.3. The Bertz CT molecular complexity index is 1240. The number of ether oxygens (including phenoxy) is 2. The Labute approximate surface area is 255 Å². The lowest BCUT2D eigenvalue weighted by Gasteiger charge is -2.37. The molecule has 1 aromatic carbocycles. The molecule has 1 saturated heterocycles. The van der Waals surface area contributed by atoms with Gasteiger partial charge in [-0.3, -0.25) is 14.7 Å². The van der Waals surface area contributed by atoms with Gasteiger partial charge in [-0.1, -0.05) is 25.7 Å². The summed E-state index contributed by atoms with van der Waals surface area (Å²) in [6.45, 7) is 2.11. The van der Waals surface area contributed by atoms with Crippen molar-refractivity contribution in [3.8, 4) is 5.88 Å².